The molecule has 7 heteroatoms. The molecule has 0 atom stereocenters. The Kier molecular flexibility index (Phi) is 4.92. The number of hydrogen-bond acceptors (Lipinski definition) is 3. The molecule has 2 aromatic heterocycles. The molecule has 1 saturated heterocycles. The summed E-state index contributed by atoms with van der Waals surface area (Å²) in [6.07, 6.45) is 5.44. The summed E-state index contributed by atoms with van der Waals surface area (Å²) in [7, 11) is 0. The molecule has 0 radical (unpaired) electrons. The maximum Gasteiger partial charge on any atom is 0.410 e. The van der Waals surface area contributed by atoms with Gasteiger partial charge in [0.2, 0.25) is 0 Å². The summed E-state index contributed by atoms with van der Waals surface area (Å²) in [5.74, 6) is -0.250. The van der Waals surface area contributed by atoms with Crippen LogP contribution in [-0.4, -0.2) is 44.4 Å². The van der Waals surface area contributed by atoms with Gasteiger partial charge in [-0.05, 0) is 69.5 Å². The summed E-state index contributed by atoms with van der Waals surface area (Å²) in [6, 6.07) is 11.3. The number of H-pyrrole nitrogens is 1. The number of piperidine rings is 1. The molecule has 6 nitrogen and oxygen atoms in total. The van der Waals surface area contributed by atoms with Crippen LogP contribution in [0.4, 0.5) is 9.18 Å². The second-order valence-corrected chi connectivity index (χ2v) is 9.47. The molecule has 0 aliphatic carbocycles. The van der Waals surface area contributed by atoms with Gasteiger partial charge in [0.25, 0.3) is 0 Å². The number of rotatable bonds is 2. The Morgan fingerprint density at radius 3 is 2.69 bits per heavy atom. The van der Waals surface area contributed by atoms with Gasteiger partial charge in [-0.3, -0.25) is 4.68 Å². The van der Waals surface area contributed by atoms with Crippen LogP contribution < -0.4 is 0 Å². The molecule has 1 fully saturated rings. The first-order valence-electron chi connectivity index (χ1n) is 11.0. The fraction of sp³-hybridized carbons (Fsp3) is 0.360. The number of carbonyl (C=O) groups is 1. The first-order chi connectivity index (χ1) is 15.3. The van der Waals surface area contributed by atoms with Crippen LogP contribution in [0.15, 0.2) is 48.8 Å². The second kappa shape index (κ2) is 7.65. The van der Waals surface area contributed by atoms with E-state index in [1.54, 1.807) is 4.90 Å². The number of amides is 1. The van der Waals surface area contributed by atoms with Crippen LogP contribution in [0.1, 0.15) is 39.7 Å². The summed E-state index contributed by atoms with van der Waals surface area (Å²) >= 11 is 0. The van der Waals surface area contributed by atoms with Crippen molar-refractivity contribution in [1.29, 1.82) is 0 Å². The number of carbonyl (C=O) groups excluding carboxylic acids is 1. The number of nitrogens with zero attached hydrogens (tertiary/aromatic N) is 3. The Morgan fingerprint density at radius 2 is 1.94 bits per heavy atom. The molecule has 166 valence electrons. The number of nitrogens with one attached hydrogen (secondary N) is 1. The van der Waals surface area contributed by atoms with E-state index in [0.717, 1.165) is 45.8 Å². The van der Waals surface area contributed by atoms with Crippen molar-refractivity contribution in [2.45, 2.75) is 45.3 Å². The summed E-state index contributed by atoms with van der Waals surface area (Å²) < 4.78 is 21.0. The minimum absolute atomic E-state index is 0.246. The second-order valence-electron chi connectivity index (χ2n) is 9.47. The van der Waals surface area contributed by atoms with E-state index in [1.807, 2.05) is 43.8 Å². The van der Waals surface area contributed by atoms with Crippen molar-refractivity contribution in [1.82, 2.24) is 19.7 Å². The molecule has 1 aliphatic rings. The zero-order valence-electron chi connectivity index (χ0n) is 18.6. The Balaban J connectivity index is 1.34. The first kappa shape index (κ1) is 20.5. The molecule has 3 heterocycles. The number of aromatic amines is 1. The van der Waals surface area contributed by atoms with Crippen molar-refractivity contribution in [2.75, 3.05) is 13.1 Å². The van der Waals surface area contributed by atoms with E-state index >= 15 is 0 Å². The van der Waals surface area contributed by atoms with Gasteiger partial charge in [0, 0.05) is 47.3 Å². The number of aromatic nitrogens is 3. The lowest BCUT2D eigenvalue weighted by Crippen LogP contribution is -2.42. The van der Waals surface area contributed by atoms with Gasteiger partial charge < -0.3 is 14.6 Å². The third kappa shape index (κ3) is 3.95. The van der Waals surface area contributed by atoms with E-state index in [4.69, 9.17) is 9.84 Å². The molecular weight excluding hydrogens is 407 g/mol. The third-order valence-electron chi connectivity index (χ3n) is 5.97. The highest BCUT2D eigenvalue weighted by Gasteiger charge is 2.28. The number of hydrogen-bond donors (Lipinski definition) is 1. The minimum Gasteiger partial charge on any atom is -0.444 e. The Morgan fingerprint density at radius 1 is 1.16 bits per heavy atom. The van der Waals surface area contributed by atoms with E-state index in [-0.39, 0.29) is 18.0 Å². The van der Waals surface area contributed by atoms with Crippen molar-refractivity contribution in [3.63, 3.8) is 0 Å². The highest BCUT2D eigenvalue weighted by atomic mass is 19.1. The molecule has 4 aromatic rings. The normalized spacial score (nSPS) is 15.6. The highest BCUT2D eigenvalue weighted by Crippen LogP contribution is 2.32. The monoisotopic (exact) mass is 434 g/mol. The average Bonchev–Trinajstić information content (AvgIpc) is 3.35. The summed E-state index contributed by atoms with van der Waals surface area (Å²) in [6.45, 7) is 6.97. The Bertz CT molecular complexity index is 1290. The number of halogens is 1. The zero-order valence-corrected chi connectivity index (χ0v) is 18.6. The highest BCUT2D eigenvalue weighted by molar-refractivity contribution is 5.97. The summed E-state index contributed by atoms with van der Waals surface area (Å²) in [4.78, 5) is 17.3. The fourth-order valence-electron chi connectivity index (χ4n) is 4.38. The molecule has 1 aliphatic heterocycles. The lowest BCUT2D eigenvalue weighted by molar-refractivity contribution is 0.0185. The van der Waals surface area contributed by atoms with Gasteiger partial charge in [-0.2, -0.15) is 5.10 Å². The van der Waals surface area contributed by atoms with E-state index in [0.29, 0.717) is 13.1 Å². The van der Waals surface area contributed by atoms with E-state index in [1.165, 1.54) is 12.1 Å². The fourth-order valence-corrected chi connectivity index (χ4v) is 4.38. The number of likely N-dealkylation sites (tertiary alicyclic amines) is 1. The predicted octanol–water partition coefficient (Wildman–Crippen LogP) is 5.90. The lowest BCUT2D eigenvalue weighted by Gasteiger charge is -2.33. The molecule has 5 rings (SSSR count). The number of ether oxygens (including phenoxy) is 1. The van der Waals surface area contributed by atoms with Crippen molar-refractivity contribution >= 4 is 27.9 Å². The SMILES string of the molecule is CC(C)(C)OC(=O)N1CCC(n2cc3cc(-c4c[nH]c5cc(F)ccc45)ccc3n2)CC1. The lowest BCUT2D eigenvalue weighted by atomic mass is 10.0. The molecule has 0 unspecified atom stereocenters. The van der Waals surface area contributed by atoms with Crippen LogP contribution in [0, 0.1) is 5.82 Å². The maximum absolute atomic E-state index is 13.5. The topological polar surface area (TPSA) is 63.1 Å². The first-order valence-corrected chi connectivity index (χ1v) is 11.0. The minimum atomic E-state index is -0.482. The maximum atomic E-state index is 13.5. The smallest absolute Gasteiger partial charge is 0.410 e. The van der Waals surface area contributed by atoms with Crippen LogP contribution in [0.25, 0.3) is 32.9 Å². The van der Waals surface area contributed by atoms with Gasteiger partial charge in [0.1, 0.15) is 11.4 Å². The van der Waals surface area contributed by atoms with Crippen LogP contribution in [0.5, 0.6) is 0 Å². The van der Waals surface area contributed by atoms with Gasteiger partial charge in [0.05, 0.1) is 11.6 Å². The van der Waals surface area contributed by atoms with Crippen molar-refractivity contribution in [3.05, 3.63) is 54.6 Å². The summed E-state index contributed by atoms with van der Waals surface area (Å²) in [5, 5.41) is 6.84. The number of fused-ring (bicyclic) bond motifs is 2. The third-order valence-corrected chi connectivity index (χ3v) is 5.97. The van der Waals surface area contributed by atoms with Crippen LogP contribution >= 0.6 is 0 Å². The summed E-state index contributed by atoms with van der Waals surface area (Å²) in [5.41, 5.74) is 3.35. The van der Waals surface area contributed by atoms with Crippen LogP contribution in [-0.2, 0) is 4.74 Å². The Labute approximate surface area is 186 Å². The van der Waals surface area contributed by atoms with Crippen molar-refractivity contribution in [2.24, 2.45) is 0 Å². The van der Waals surface area contributed by atoms with Crippen LogP contribution in [0.2, 0.25) is 0 Å². The standard InChI is InChI=1S/C25H27FN4O2/c1-25(2,3)32-24(31)29-10-8-19(9-11-29)30-15-17-12-16(4-7-22(17)28-30)21-14-27-23-13-18(26)5-6-20(21)23/h4-7,12-15,19,27H,8-11H2,1-3H3. The largest absolute Gasteiger partial charge is 0.444 e. The van der Waals surface area contributed by atoms with E-state index in [9.17, 15) is 9.18 Å². The van der Waals surface area contributed by atoms with Gasteiger partial charge >= 0.3 is 6.09 Å². The average molecular weight is 435 g/mol. The zero-order chi connectivity index (χ0) is 22.5. The number of benzene rings is 2. The van der Waals surface area contributed by atoms with Crippen molar-refractivity contribution in [3.8, 4) is 11.1 Å². The van der Waals surface area contributed by atoms with E-state index < -0.39 is 5.60 Å². The molecule has 1 N–H and O–H groups in total. The predicted molar refractivity (Wildman–Crippen MR) is 123 cm³/mol. The quantitative estimate of drug-likeness (QED) is 0.427. The molecule has 0 saturated carbocycles. The van der Waals surface area contributed by atoms with Crippen molar-refractivity contribution < 1.29 is 13.9 Å². The molecule has 0 spiro atoms. The van der Waals surface area contributed by atoms with E-state index in [2.05, 4.69) is 23.3 Å². The molecular formula is C25H27FN4O2. The Hall–Kier alpha value is -3.35. The van der Waals surface area contributed by atoms with Crippen LogP contribution in [0.3, 0.4) is 0 Å². The molecule has 0 bridgehead atoms. The molecule has 32 heavy (non-hydrogen) atoms. The van der Waals surface area contributed by atoms with Gasteiger partial charge in [-0.1, -0.05) is 6.07 Å². The van der Waals surface area contributed by atoms with Gasteiger partial charge in [-0.15, -0.1) is 0 Å². The van der Waals surface area contributed by atoms with Gasteiger partial charge in [0.15, 0.2) is 0 Å². The molecule has 2 aromatic carbocycles. The van der Waals surface area contributed by atoms with Gasteiger partial charge in [-0.25, -0.2) is 9.18 Å². The molecule has 1 amide bonds.